The Morgan fingerprint density at radius 3 is 2.89 bits per heavy atom. The van der Waals surface area contributed by atoms with Crippen molar-refractivity contribution in [1.29, 1.82) is 0 Å². The number of carbonyl (C=O) groups is 1. The summed E-state index contributed by atoms with van der Waals surface area (Å²) in [5.41, 5.74) is 2.84. The molecule has 0 spiro atoms. The van der Waals surface area contributed by atoms with Crippen molar-refractivity contribution in [3.05, 3.63) is 47.5 Å². The minimum atomic E-state index is -0.204. The molecule has 2 aromatic heterocycles. The molecule has 0 saturated carbocycles. The number of amides is 1. The normalized spacial score (nSPS) is 10.8. The molecule has 0 atom stereocenters. The zero-order valence-corrected chi connectivity index (χ0v) is 10.7. The molecular weight excluding hydrogens is 242 g/mol. The summed E-state index contributed by atoms with van der Waals surface area (Å²) in [6, 6.07) is 7.65. The molecule has 2 heterocycles. The van der Waals surface area contributed by atoms with Crippen LogP contribution >= 0.6 is 0 Å². The van der Waals surface area contributed by atoms with Gasteiger partial charge in [-0.15, -0.1) is 0 Å². The number of fused-ring (bicyclic) bond motifs is 1. The molecule has 96 valence electrons. The van der Waals surface area contributed by atoms with Gasteiger partial charge in [0.2, 0.25) is 0 Å². The van der Waals surface area contributed by atoms with Crippen molar-refractivity contribution < 1.29 is 9.32 Å². The highest BCUT2D eigenvalue weighted by atomic mass is 16.5. The number of aryl methyl sites for hydroxylation is 2. The molecule has 0 bridgehead atoms. The quantitative estimate of drug-likeness (QED) is 0.739. The number of nitrogens with zero attached hydrogens (tertiary/aromatic N) is 1. The molecule has 0 radical (unpaired) electrons. The number of H-pyrrole nitrogens is 1. The van der Waals surface area contributed by atoms with Gasteiger partial charge in [0.05, 0.1) is 11.4 Å². The van der Waals surface area contributed by atoms with Crippen molar-refractivity contribution in [2.75, 3.05) is 5.32 Å². The molecule has 0 fully saturated rings. The number of hydrogen-bond donors (Lipinski definition) is 2. The monoisotopic (exact) mass is 255 g/mol. The number of rotatable bonds is 2. The van der Waals surface area contributed by atoms with E-state index in [9.17, 15) is 4.79 Å². The summed E-state index contributed by atoms with van der Waals surface area (Å²) in [6.45, 7) is 3.48. The van der Waals surface area contributed by atoms with Crippen LogP contribution in [0.25, 0.3) is 10.9 Å². The van der Waals surface area contributed by atoms with E-state index in [0.29, 0.717) is 17.0 Å². The van der Waals surface area contributed by atoms with Gasteiger partial charge in [-0.3, -0.25) is 4.79 Å². The molecule has 0 aliphatic heterocycles. The maximum Gasteiger partial charge on any atom is 0.261 e. The Bertz CT molecular complexity index is 735. The van der Waals surface area contributed by atoms with Crippen molar-refractivity contribution in [2.24, 2.45) is 0 Å². The van der Waals surface area contributed by atoms with Crippen LogP contribution in [0.15, 0.2) is 35.0 Å². The predicted octanol–water partition coefficient (Wildman–Crippen LogP) is 3.03. The molecule has 5 heteroatoms. The van der Waals surface area contributed by atoms with Crippen molar-refractivity contribution in [2.45, 2.75) is 13.8 Å². The Morgan fingerprint density at radius 1 is 1.32 bits per heavy atom. The summed E-state index contributed by atoms with van der Waals surface area (Å²) in [7, 11) is 0. The molecule has 0 unspecified atom stereocenters. The van der Waals surface area contributed by atoms with Crippen LogP contribution in [0.4, 0.5) is 5.69 Å². The number of anilines is 1. The van der Waals surface area contributed by atoms with Crippen LogP contribution in [0.5, 0.6) is 0 Å². The molecule has 0 aliphatic rings. The Balaban J connectivity index is 1.98. The predicted molar refractivity (Wildman–Crippen MR) is 72.2 cm³/mol. The summed E-state index contributed by atoms with van der Waals surface area (Å²) < 4.78 is 5.01. The summed E-state index contributed by atoms with van der Waals surface area (Å²) in [6.07, 6.45) is 1.84. The Morgan fingerprint density at radius 2 is 2.16 bits per heavy atom. The van der Waals surface area contributed by atoms with Crippen molar-refractivity contribution in [1.82, 2.24) is 10.1 Å². The van der Waals surface area contributed by atoms with Crippen LogP contribution in [0.3, 0.4) is 0 Å². The lowest BCUT2D eigenvalue weighted by Crippen LogP contribution is -2.13. The lowest BCUT2D eigenvalue weighted by Gasteiger charge is -2.06. The van der Waals surface area contributed by atoms with E-state index in [2.05, 4.69) is 15.5 Å². The van der Waals surface area contributed by atoms with Crippen LogP contribution in [-0.4, -0.2) is 16.0 Å². The Hall–Kier alpha value is -2.56. The molecule has 0 aliphatic carbocycles. The zero-order valence-electron chi connectivity index (χ0n) is 10.7. The number of carbonyl (C=O) groups excluding carboxylic acids is 1. The van der Waals surface area contributed by atoms with E-state index in [1.807, 2.05) is 30.5 Å². The van der Waals surface area contributed by atoms with E-state index < -0.39 is 0 Å². The second-order valence-electron chi connectivity index (χ2n) is 4.40. The lowest BCUT2D eigenvalue weighted by molar-refractivity contribution is 0.102. The van der Waals surface area contributed by atoms with Crippen LogP contribution in [0.2, 0.25) is 0 Å². The average Bonchev–Trinajstić information content (AvgIpc) is 2.97. The van der Waals surface area contributed by atoms with Gasteiger partial charge in [0.15, 0.2) is 0 Å². The number of nitrogens with one attached hydrogen (secondary N) is 2. The topological polar surface area (TPSA) is 70.9 Å². The lowest BCUT2D eigenvalue weighted by atomic mass is 10.1. The van der Waals surface area contributed by atoms with E-state index in [0.717, 1.165) is 16.6 Å². The minimum absolute atomic E-state index is 0.204. The molecule has 2 N–H and O–H groups in total. The van der Waals surface area contributed by atoms with Gasteiger partial charge in [-0.25, -0.2) is 0 Å². The van der Waals surface area contributed by atoms with Gasteiger partial charge in [0.25, 0.3) is 5.91 Å². The Kier molecular flexibility index (Phi) is 2.59. The van der Waals surface area contributed by atoms with Crippen molar-refractivity contribution >= 4 is 22.5 Å². The molecule has 3 rings (SSSR count). The van der Waals surface area contributed by atoms with E-state index >= 15 is 0 Å². The van der Waals surface area contributed by atoms with Gasteiger partial charge >= 0.3 is 0 Å². The smallest absolute Gasteiger partial charge is 0.261 e. The molecule has 1 amide bonds. The molecular formula is C14H13N3O2. The van der Waals surface area contributed by atoms with Crippen molar-refractivity contribution in [3.63, 3.8) is 0 Å². The van der Waals surface area contributed by atoms with Gasteiger partial charge < -0.3 is 14.8 Å². The van der Waals surface area contributed by atoms with Gasteiger partial charge in [-0.2, -0.15) is 0 Å². The molecule has 0 saturated heterocycles. The van der Waals surface area contributed by atoms with Gasteiger partial charge in [0, 0.05) is 17.1 Å². The number of hydrogen-bond acceptors (Lipinski definition) is 3. The summed E-state index contributed by atoms with van der Waals surface area (Å²) >= 11 is 0. The zero-order chi connectivity index (χ0) is 13.4. The second-order valence-corrected chi connectivity index (χ2v) is 4.40. The largest absolute Gasteiger partial charge is 0.361 e. The first kappa shape index (κ1) is 11.5. The summed E-state index contributed by atoms with van der Waals surface area (Å²) in [4.78, 5) is 15.4. The van der Waals surface area contributed by atoms with Gasteiger partial charge in [-0.1, -0.05) is 11.2 Å². The molecule has 1 aromatic carbocycles. The average molecular weight is 255 g/mol. The highest BCUT2D eigenvalue weighted by Crippen LogP contribution is 2.23. The second kappa shape index (κ2) is 4.28. The molecule has 19 heavy (non-hydrogen) atoms. The van der Waals surface area contributed by atoms with Crippen LogP contribution < -0.4 is 5.32 Å². The van der Waals surface area contributed by atoms with Crippen LogP contribution in [0.1, 0.15) is 21.8 Å². The first-order valence-electron chi connectivity index (χ1n) is 5.97. The Labute approximate surface area is 109 Å². The molecule has 5 nitrogen and oxygen atoms in total. The first-order chi connectivity index (χ1) is 9.16. The SMILES string of the molecule is Cc1noc(C)c1C(=O)Nc1cccc2[nH]ccc12. The maximum atomic E-state index is 12.3. The maximum absolute atomic E-state index is 12.3. The third-order valence-corrected chi connectivity index (χ3v) is 3.10. The van der Waals surface area contributed by atoms with Crippen LogP contribution in [0, 0.1) is 13.8 Å². The third-order valence-electron chi connectivity index (χ3n) is 3.10. The summed E-state index contributed by atoms with van der Waals surface area (Å²) in [5, 5.41) is 7.66. The third kappa shape index (κ3) is 1.89. The van der Waals surface area contributed by atoms with Crippen molar-refractivity contribution in [3.8, 4) is 0 Å². The van der Waals surface area contributed by atoms with E-state index in [1.165, 1.54) is 0 Å². The van der Waals surface area contributed by atoms with E-state index in [1.54, 1.807) is 13.8 Å². The standard InChI is InChI=1S/C14H13N3O2/c1-8-13(9(2)19-17-8)14(18)16-12-5-3-4-11-10(12)6-7-15-11/h3-7,15H,1-2H3,(H,16,18). The fourth-order valence-corrected chi connectivity index (χ4v) is 2.19. The fraction of sp³-hybridized carbons (Fsp3) is 0.143. The first-order valence-corrected chi connectivity index (χ1v) is 5.97. The fourth-order valence-electron chi connectivity index (χ4n) is 2.19. The van der Waals surface area contributed by atoms with Crippen LogP contribution in [-0.2, 0) is 0 Å². The summed E-state index contributed by atoms with van der Waals surface area (Å²) in [5.74, 6) is 0.321. The number of aromatic nitrogens is 2. The molecule has 3 aromatic rings. The number of benzene rings is 1. The van der Waals surface area contributed by atoms with Gasteiger partial charge in [0.1, 0.15) is 11.3 Å². The van der Waals surface area contributed by atoms with Gasteiger partial charge in [-0.05, 0) is 32.0 Å². The highest BCUT2D eigenvalue weighted by Gasteiger charge is 2.18. The van der Waals surface area contributed by atoms with E-state index in [-0.39, 0.29) is 5.91 Å². The van der Waals surface area contributed by atoms with E-state index in [4.69, 9.17) is 4.52 Å². The number of aromatic amines is 1. The highest BCUT2D eigenvalue weighted by molar-refractivity contribution is 6.09. The minimum Gasteiger partial charge on any atom is -0.361 e.